The molecule has 128 valence electrons. The Morgan fingerprint density at radius 1 is 1.16 bits per heavy atom. The molecule has 5 nitrogen and oxygen atoms in total. The van der Waals surface area contributed by atoms with Crippen LogP contribution < -0.4 is 10.9 Å². The third-order valence-electron chi connectivity index (χ3n) is 3.89. The van der Waals surface area contributed by atoms with E-state index >= 15 is 0 Å². The van der Waals surface area contributed by atoms with Gasteiger partial charge in [-0.3, -0.25) is 9.59 Å². The highest BCUT2D eigenvalue weighted by Crippen LogP contribution is 2.15. The lowest BCUT2D eigenvalue weighted by Gasteiger charge is -2.15. The van der Waals surface area contributed by atoms with Crippen LogP contribution in [-0.2, 0) is 11.2 Å². The summed E-state index contributed by atoms with van der Waals surface area (Å²) < 4.78 is 1.24. The van der Waals surface area contributed by atoms with Crippen LogP contribution in [0.3, 0.4) is 0 Å². The molecule has 0 aliphatic rings. The van der Waals surface area contributed by atoms with Crippen molar-refractivity contribution in [2.24, 2.45) is 0 Å². The molecule has 0 aliphatic carbocycles. The topological polar surface area (TPSA) is 64.0 Å². The second-order valence-corrected chi connectivity index (χ2v) is 6.70. The Labute approximate surface area is 150 Å². The number of nitrogens with one attached hydrogen (secondary N) is 1. The zero-order valence-corrected chi connectivity index (χ0v) is 14.7. The van der Waals surface area contributed by atoms with Crippen LogP contribution in [0.15, 0.2) is 64.8 Å². The van der Waals surface area contributed by atoms with Crippen molar-refractivity contribution < 1.29 is 4.79 Å². The number of carbonyl (C=O) groups is 1. The molecule has 6 heteroatoms. The summed E-state index contributed by atoms with van der Waals surface area (Å²) in [6, 6.07) is 16.1. The number of aromatic nitrogens is 2. The molecule has 25 heavy (non-hydrogen) atoms. The largest absolute Gasteiger partial charge is 0.354 e. The number of hydrogen-bond donors (Lipinski definition) is 1. The normalized spacial score (nSPS) is 11.9. The highest BCUT2D eigenvalue weighted by atomic mass is 32.1. The van der Waals surface area contributed by atoms with Crippen molar-refractivity contribution in [1.82, 2.24) is 15.1 Å². The predicted molar refractivity (Wildman–Crippen MR) is 99.7 cm³/mol. The van der Waals surface area contributed by atoms with Crippen molar-refractivity contribution >= 4 is 17.2 Å². The summed E-state index contributed by atoms with van der Waals surface area (Å²) in [5, 5.41) is 9.25. The third-order valence-corrected chi connectivity index (χ3v) is 4.83. The summed E-state index contributed by atoms with van der Waals surface area (Å²) in [5.41, 5.74) is 1.28. The summed E-state index contributed by atoms with van der Waals surface area (Å²) in [7, 11) is 0. The van der Waals surface area contributed by atoms with E-state index in [1.54, 1.807) is 24.3 Å². The molecule has 1 amide bonds. The highest BCUT2D eigenvalue weighted by Gasteiger charge is 2.17. The molecule has 0 saturated carbocycles. The number of carbonyl (C=O) groups excluding carboxylic acids is 1. The van der Waals surface area contributed by atoms with Crippen LogP contribution in [0.2, 0.25) is 0 Å². The maximum Gasteiger partial charge on any atom is 0.267 e. The van der Waals surface area contributed by atoms with E-state index in [2.05, 4.69) is 10.4 Å². The maximum absolute atomic E-state index is 12.4. The first kappa shape index (κ1) is 17.1. The van der Waals surface area contributed by atoms with E-state index < -0.39 is 6.04 Å². The number of thiophene rings is 1. The fourth-order valence-corrected chi connectivity index (χ4v) is 3.20. The van der Waals surface area contributed by atoms with Gasteiger partial charge in [-0.1, -0.05) is 36.4 Å². The van der Waals surface area contributed by atoms with E-state index in [0.717, 1.165) is 12.0 Å². The molecule has 0 saturated heterocycles. The smallest absolute Gasteiger partial charge is 0.267 e. The average Bonchev–Trinajstić information content (AvgIpc) is 3.15. The summed E-state index contributed by atoms with van der Waals surface area (Å²) in [6.45, 7) is 2.22. The molecule has 1 N–H and O–H groups in total. The van der Waals surface area contributed by atoms with Crippen LogP contribution in [0.25, 0.3) is 11.3 Å². The van der Waals surface area contributed by atoms with E-state index in [-0.39, 0.29) is 11.5 Å². The van der Waals surface area contributed by atoms with Crippen LogP contribution in [-0.4, -0.2) is 22.2 Å². The van der Waals surface area contributed by atoms with Crippen LogP contribution in [0.4, 0.5) is 0 Å². The summed E-state index contributed by atoms with van der Waals surface area (Å²) in [4.78, 5) is 25.7. The lowest BCUT2D eigenvalue weighted by molar-refractivity contribution is -0.124. The van der Waals surface area contributed by atoms with E-state index in [9.17, 15) is 9.59 Å². The molecule has 0 radical (unpaired) electrons. The number of rotatable bonds is 6. The van der Waals surface area contributed by atoms with Crippen LogP contribution in [0.5, 0.6) is 0 Å². The number of nitrogens with zero attached hydrogens (tertiary/aromatic N) is 2. The number of benzene rings is 1. The molecular weight excluding hydrogens is 334 g/mol. The fourth-order valence-electron chi connectivity index (χ4n) is 2.49. The molecule has 3 aromatic rings. The van der Waals surface area contributed by atoms with Gasteiger partial charge in [-0.2, -0.15) is 5.10 Å². The van der Waals surface area contributed by atoms with Gasteiger partial charge in [0.1, 0.15) is 6.04 Å². The van der Waals surface area contributed by atoms with Gasteiger partial charge >= 0.3 is 0 Å². The number of hydrogen-bond acceptors (Lipinski definition) is 4. The standard InChI is InChI=1S/C19H19N3O2S/c1-14(19(24)20-12-11-16-8-5-13-25-16)22-18(23)10-9-17(21-22)15-6-3-2-4-7-15/h2-10,13-14H,11-12H2,1H3,(H,20,24)/t14-/m1/s1. The molecule has 0 spiro atoms. The molecule has 0 aliphatic heterocycles. The fraction of sp³-hybridized carbons (Fsp3) is 0.211. The average molecular weight is 353 g/mol. The minimum atomic E-state index is -0.667. The van der Waals surface area contributed by atoms with Gasteiger partial charge in [-0.15, -0.1) is 11.3 Å². The molecule has 2 aromatic heterocycles. The Hall–Kier alpha value is -2.73. The highest BCUT2D eigenvalue weighted by molar-refractivity contribution is 7.09. The van der Waals surface area contributed by atoms with Gasteiger partial charge in [0.15, 0.2) is 0 Å². The van der Waals surface area contributed by atoms with Crippen molar-refractivity contribution in [3.8, 4) is 11.3 Å². The van der Waals surface area contributed by atoms with Crippen LogP contribution in [0.1, 0.15) is 17.8 Å². The van der Waals surface area contributed by atoms with Gasteiger partial charge < -0.3 is 5.32 Å². The van der Waals surface area contributed by atoms with E-state index in [1.165, 1.54) is 15.6 Å². The Kier molecular flexibility index (Phi) is 5.40. The first-order chi connectivity index (χ1) is 12.1. The van der Waals surface area contributed by atoms with Crippen molar-refractivity contribution in [2.45, 2.75) is 19.4 Å². The predicted octanol–water partition coefficient (Wildman–Crippen LogP) is 2.89. The second-order valence-electron chi connectivity index (χ2n) is 5.66. The first-order valence-electron chi connectivity index (χ1n) is 8.10. The van der Waals surface area contributed by atoms with Gasteiger partial charge in [0.25, 0.3) is 5.56 Å². The van der Waals surface area contributed by atoms with Gasteiger partial charge in [0.05, 0.1) is 5.69 Å². The van der Waals surface area contributed by atoms with Gasteiger partial charge in [0.2, 0.25) is 5.91 Å². The zero-order valence-electron chi connectivity index (χ0n) is 13.9. The quantitative estimate of drug-likeness (QED) is 0.741. The van der Waals surface area contributed by atoms with Gasteiger partial charge in [-0.05, 0) is 30.9 Å². The summed E-state index contributed by atoms with van der Waals surface area (Å²) in [5.74, 6) is -0.212. The Balaban J connectivity index is 1.71. The van der Waals surface area contributed by atoms with Gasteiger partial charge in [-0.25, -0.2) is 4.68 Å². The summed E-state index contributed by atoms with van der Waals surface area (Å²) >= 11 is 1.66. The molecule has 2 heterocycles. The second kappa shape index (κ2) is 7.90. The minimum Gasteiger partial charge on any atom is -0.354 e. The monoisotopic (exact) mass is 353 g/mol. The van der Waals surface area contributed by atoms with Crippen LogP contribution >= 0.6 is 11.3 Å². The van der Waals surface area contributed by atoms with Crippen molar-refractivity contribution in [2.75, 3.05) is 6.54 Å². The zero-order chi connectivity index (χ0) is 17.6. The lowest BCUT2D eigenvalue weighted by atomic mass is 10.1. The molecule has 0 fully saturated rings. The molecule has 3 rings (SSSR count). The van der Waals surface area contributed by atoms with Crippen molar-refractivity contribution in [3.05, 3.63) is 75.2 Å². The Bertz CT molecular complexity index is 889. The number of amides is 1. The van der Waals surface area contributed by atoms with Crippen molar-refractivity contribution in [3.63, 3.8) is 0 Å². The SMILES string of the molecule is C[C@H](C(=O)NCCc1cccs1)n1nc(-c2ccccc2)ccc1=O. The summed E-state index contributed by atoms with van der Waals surface area (Å²) in [6.07, 6.45) is 0.780. The third kappa shape index (κ3) is 4.22. The van der Waals surface area contributed by atoms with Crippen LogP contribution in [0, 0.1) is 0 Å². The van der Waals surface area contributed by atoms with Gasteiger partial charge in [0, 0.05) is 23.1 Å². The Morgan fingerprint density at radius 3 is 2.68 bits per heavy atom. The molecular formula is C19H19N3O2S. The van der Waals surface area contributed by atoms with Crippen molar-refractivity contribution in [1.29, 1.82) is 0 Å². The van der Waals surface area contributed by atoms with E-state index in [4.69, 9.17) is 0 Å². The Morgan fingerprint density at radius 2 is 1.96 bits per heavy atom. The van der Waals surface area contributed by atoms with E-state index in [1.807, 2.05) is 47.8 Å². The minimum absolute atomic E-state index is 0.212. The first-order valence-corrected chi connectivity index (χ1v) is 8.98. The lowest BCUT2D eigenvalue weighted by Crippen LogP contribution is -2.37. The van der Waals surface area contributed by atoms with E-state index in [0.29, 0.717) is 12.2 Å². The molecule has 0 unspecified atom stereocenters. The molecule has 1 atom stereocenters. The maximum atomic E-state index is 12.4. The molecule has 1 aromatic carbocycles. The molecule has 0 bridgehead atoms.